The minimum absolute atomic E-state index is 0.0556. The SMILES string of the molecule is Cc1[nH]ncc1CCCNC(=O)NCC(C)CC(=O)O. The van der Waals surface area contributed by atoms with E-state index in [1.165, 1.54) is 0 Å². The largest absolute Gasteiger partial charge is 0.481 e. The summed E-state index contributed by atoms with van der Waals surface area (Å²) in [6.07, 6.45) is 3.54. The van der Waals surface area contributed by atoms with Gasteiger partial charge in [-0.2, -0.15) is 5.10 Å². The molecule has 0 aliphatic rings. The molecule has 0 fully saturated rings. The molecule has 0 radical (unpaired) electrons. The second kappa shape index (κ2) is 8.19. The molecule has 1 aromatic heterocycles. The molecule has 1 atom stereocenters. The molecule has 0 aliphatic heterocycles. The molecule has 0 spiro atoms. The van der Waals surface area contributed by atoms with Crippen LogP contribution in [0.3, 0.4) is 0 Å². The van der Waals surface area contributed by atoms with E-state index in [4.69, 9.17) is 5.11 Å². The van der Waals surface area contributed by atoms with Gasteiger partial charge in [0.2, 0.25) is 0 Å². The maximum absolute atomic E-state index is 11.5. The maximum Gasteiger partial charge on any atom is 0.314 e. The molecule has 7 nitrogen and oxygen atoms in total. The van der Waals surface area contributed by atoms with Crippen LogP contribution >= 0.6 is 0 Å². The molecule has 4 N–H and O–H groups in total. The lowest BCUT2D eigenvalue weighted by Crippen LogP contribution is -2.38. The van der Waals surface area contributed by atoms with Gasteiger partial charge in [0.1, 0.15) is 0 Å². The van der Waals surface area contributed by atoms with Crippen LogP contribution in [-0.2, 0) is 11.2 Å². The Kier molecular flexibility index (Phi) is 6.55. The second-order valence-corrected chi connectivity index (χ2v) is 4.96. The smallest absolute Gasteiger partial charge is 0.314 e. The quantitative estimate of drug-likeness (QED) is 0.535. The molecule has 0 saturated heterocycles. The maximum atomic E-state index is 11.5. The molecule has 2 amide bonds. The summed E-state index contributed by atoms with van der Waals surface area (Å²) in [6, 6.07) is -0.258. The first-order valence-electron chi connectivity index (χ1n) is 6.71. The number of urea groups is 1. The third-order valence-electron chi connectivity index (χ3n) is 2.98. The molecule has 20 heavy (non-hydrogen) atoms. The Morgan fingerprint density at radius 1 is 1.45 bits per heavy atom. The highest BCUT2D eigenvalue weighted by Crippen LogP contribution is 2.05. The Morgan fingerprint density at radius 3 is 2.80 bits per heavy atom. The minimum Gasteiger partial charge on any atom is -0.481 e. The molecule has 0 aromatic carbocycles. The molecule has 112 valence electrons. The van der Waals surface area contributed by atoms with Crippen LogP contribution in [0.15, 0.2) is 6.20 Å². The molecule has 1 rings (SSSR count). The van der Waals surface area contributed by atoms with Crippen molar-refractivity contribution >= 4 is 12.0 Å². The number of aromatic amines is 1. The number of carboxylic acid groups (broad SMARTS) is 1. The lowest BCUT2D eigenvalue weighted by Gasteiger charge is -2.11. The number of aryl methyl sites for hydroxylation is 2. The van der Waals surface area contributed by atoms with Gasteiger partial charge in [-0.3, -0.25) is 9.89 Å². The summed E-state index contributed by atoms with van der Waals surface area (Å²) < 4.78 is 0. The number of aliphatic carboxylic acids is 1. The first-order chi connectivity index (χ1) is 9.49. The van der Waals surface area contributed by atoms with Gasteiger partial charge in [0, 0.05) is 25.2 Å². The van der Waals surface area contributed by atoms with Crippen LogP contribution in [0.4, 0.5) is 4.79 Å². The number of amides is 2. The van der Waals surface area contributed by atoms with E-state index in [1.54, 1.807) is 13.1 Å². The zero-order valence-electron chi connectivity index (χ0n) is 11.9. The molecular weight excluding hydrogens is 260 g/mol. The van der Waals surface area contributed by atoms with Gasteiger partial charge >= 0.3 is 12.0 Å². The fourth-order valence-electron chi connectivity index (χ4n) is 1.81. The topological polar surface area (TPSA) is 107 Å². The van der Waals surface area contributed by atoms with E-state index in [0.29, 0.717) is 13.1 Å². The number of hydrogen-bond acceptors (Lipinski definition) is 3. The number of aromatic nitrogens is 2. The van der Waals surface area contributed by atoms with E-state index >= 15 is 0 Å². The number of carboxylic acids is 1. The van der Waals surface area contributed by atoms with Gasteiger partial charge in [0.05, 0.1) is 6.20 Å². The van der Waals surface area contributed by atoms with Crippen molar-refractivity contribution in [3.63, 3.8) is 0 Å². The van der Waals surface area contributed by atoms with Gasteiger partial charge in [-0.1, -0.05) is 6.92 Å². The Bertz CT molecular complexity index is 445. The van der Waals surface area contributed by atoms with E-state index in [1.807, 2.05) is 6.92 Å². The molecule has 7 heteroatoms. The fraction of sp³-hybridized carbons (Fsp3) is 0.615. The van der Waals surface area contributed by atoms with Crippen LogP contribution in [0.5, 0.6) is 0 Å². The molecule has 0 bridgehead atoms. The van der Waals surface area contributed by atoms with Crippen molar-refractivity contribution in [1.29, 1.82) is 0 Å². The number of H-pyrrole nitrogens is 1. The standard InChI is InChI=1S/C13H22N4O3/c1-9(6-12(18)19)7-15-13(20)14-5-3-4-11-8-16-17-10(11)2/h8-9H,3-7H2,1-2H3,(H,16,17)(H,18,19)(H2,14,15,20). The number of rotatable bonds is 8. The summed E-state index contributed by atoms with van der Waals surface area (Å²) in [5.41, 5.74) is 2.21. The van der Waals surface area contributed by atoms with Crippen molar-refractivity contribution in [1.82, 2.24) is 20.8 Å². The van der Waals surface area contributed by atoms with Crippen LogP contribution in [0.1, 0.15) is 31.0 Å². The van der Waals surface area contributed by atoms with Crippen molar-refractivity contribution in [2.45, 2.75) is 33.1 Å². The first kappa shape index (κ1) is 16.0. The van der Waals surface area contributed by atoms with Crippen molar-refractivity contribution in [3.8, 4) is 0 Å². The molecule has 1 unspecified atom stereocenters. The first-order valence-corrected chi connectivity index (χ1v) is 6.71. The van der Waals surface area contributed by atoms with Gasteiger partial charge < -0.3 is 15.7 Å². The summed E-state index contributed by atoms with van der Waals surface area (Å²) in [7, 11) is 0. The lowest BCUT2D eigenvalue weighted by molar-refractivity contribution is -0.137. The van der Waals surface area contributed by atoms with Gasteiger partial charge in [-0.25, -0.2) is 4.79 Å². The normalized spacial score (nSPS) is 11.9. The average Bonchev–Trinajstić information content (AvgIpc) is 2.77. The third kappa shape index (κ3) is 6.21. The van der Waals surface area contributed by atoms with Crippen LogP contribution in [-0.4, -0.2) is 40.4 Å². The number of carbonyl (C=O) groups excluding carboxylic acids is 1. The van der Waals surface area contributed by atoms with Crippen LogP contribution in [0, 0.1) is 12.8 Å². The molecule has 1 aromatic rings. The Balaban J connectivity index is 2.08. The Labute approximate surface area is 118 Å². The van der Waals surface area contributed by atoms with Gasteiger partial charge in [-0.15, -0.1) is 0 Å². The van der Waals surface area contributed by atoms with Crippen molar-refractivity contribution in [2.75, 3.05) is 13.1 Å². The molecular formula is C13H22N4O3. The highest BCUT2D eigenvalue weighted by atomic mass is 16.4. The van der Waals surface area contributed by atoms with Gasteiger partial charge in [0.25, 0.3) is 0 Å². The fourth-order valence-corrected chi connectivity index (χ4v) is 1.81. The zero-order valence-corrected chi connectivity index (χ0v) is 11.9. The van der Waals surface area contributed by atoms with E-state index < -0.39 is 5.97 Å². The number of carbonyl (C=O) groups is 2. The third-order valence-corrected chi connectivity index (χ3v) is 2.98. The summed E-state index contributed by atoms with van der Waals surface area (Å²) in [5.74, 6) is -0.929. The predicted octanol–water partition coefficient (Wildman–Crippen LogP) is 1.06. The van der Waals surface area contributed by atoms with E-state index in [-0.39, 0.29) is 18.4 Å². The highest BCUT2D eigenvalue weighted by molar-refractivity contribution is 5.73. The van der Waals surface area contributed by atoms with Crippen molar-refractivity contribution in [2.24, 2.45) is 5.92 Å². The summed E-state index contributed by atoms with van der Waals surface area (Å²) in [4.78, 5) is 21.9. The average molecular weight is 282 g/mol. The van der Waals surface area contributed by atoms with Gasteiger partial charge in [-0.05, 0) is 31.2 Å². The van der Waals surface area contributed by atoms with Crippen LogP contribution in [0.2, 0.25) is 0 Å². The highest BCUT2D eigenvalue weighted by Gasteiger charge is 2.09. The summed E-state index contributed by atoms with van der Waals surface area (Å²) in [5, 5.41) is 20.8. The van der Waals surface area contributed by atoms with Crippen LogP contribution < -0.4 is 10.6 Å². The lowest BCUT2D eigenvalue weighted by atomic mass is 10.1. The second-order valence-electron chi connectivity index (χ2n) is 4.96. The van der Waals surface area contributed by atoms with Gasteiger partial charge in [0.15, 0.2) is 0 Å². The monoisotopic (exact) mass is 282 g/mol. The Morgan fingerprint density at radius 2 is 2.20 bits per heavy atom. The number of nitrogens with zero attached hydrogens (tertiary/aromatic N) is 1. The molecule has 1 heterocycles. The van der Waals surface area contributed by atoms with Crippen LogP contribution in [0.25, 0.3) is 0 Å². The number of nitrogens with one attached hydrogen (secondary N) is 3. The van der Waals surface area contributed by atoms with Crippen molar-refractivity contribution < 1.29 is 14.7 Å². The molecule has 0 saturated carbocycles. The van der Waals surface area contributed by atoms with E-state index in [9.17, 15) is 9.59 Å². The Hall–Kier alpha value is -2.05. The van der Waals surface area contributed by atoms with Crippen molar-refractivity contribution in [3.05, 3.63) is 17.5 Å². The van der Waals surface area contributed by atoms with E-state index in [0.717, 1.165) is 24.1 Å². The minimum atomic E-state index is -0.852. The summed E-state index contributed by atoms with van der Waals surface area (Å²) in [6.45, 7) is 4.69. The zero-order chi connectivity index (χ0) is 15.0. The predicted molar refractivity (Wildman–Crippen MR) is 74.5 cm³/mol. The summed E-state index contributed by atoms with van der Waals surface area (Å²) >= 11 is 0. The van der Waals surface area contributed by atoms with E-state index in [2.05, 4.69) is 20.8 Å². The molecule has 0 aliphatic carbocycles. The number of hydrogen-bond donors (Lipinski definition) is 4.